The molecule has 0 bridgehead atoms. The highest BCUT2D eigenvalue weighted by molar-refractivity contribution is 14.1. The summed E-state index contributed by atoms with van der Waals surface area (Å²) >= 11 is 2.32. The van der Waals surface area contributed by atoms with Gasteiger partial charge >= 0.3 is 5.97 Å². The van der Waals surface area contributed by atoms with Gasteiger partial charge in [-0.15, -0.1) is 0 Å². The Morgan fingerprint density at radius 3 is 2.10 bits per heavy atom. The monoisotopic (exact) mass is 846 g/mol. The lowest BCUT2D eigenvalue weighted by Gasteiger charge is -2.51. The first-order valence-corrected chi connectivity index (χ1v) is 22.1. The second-order valence-corrected chi connectivity index (χ2v) is 21.2. The van der Waals surface area contributed by atoms with Gasteiger partial charge in [-0.1, -0.05) is 122 Å². The van der Waals surface area contributed by atoms with E-state index in [1.54, 1.807) is 19.2 Å². The van der Waals surface area contributed by atoms with Crippen LogP contribution in [0.4, 0.5) is 0 Å². The average Bonchev–Trinajstić information content (AvgIpc) is 3.14. The summed E-state index contributed by atoms with van der Waals surface area (Å²) in [5.41, 5.74) is 2.36. The molecule has 0 spiro atoms. The van der Waals surface area contributed by atoms with E-state index in [-0.39, 0.29) is 11.6 Å². The SMILES string of the molecule is CO[C@@H]1O[C@@H]2COC(c3ccccc3)O[C@H]2[C@H](OCc2ccccc2)[C@H]1O[C@H]1O[C@H](C)[C@@H](OC(=O)c2ccccc2)[C@H](O[Si](C)(C)C(C)(C)C)[C@@H]1I. The molecule has 6 rings (SSSR count). The predicted molar refractivity (Wildman–Crippen MR) is 205 cm³/mol. The normalized spacial score (nSPS) is 32.5. The molecule has 0 aromatic heterocycles. The molecular formula is C40H51IO10Si. The third-order valence-electron chi connectivity index (χ3n) is 10.4. The van der Waals surface area contributed by atoms with Crippen molar-refractivity contribution in [3.8, 4) is 0 Å². The first-order chi connectivity index (χ1) is 24.9. The third kappa shape index (κ3) is 8.99. The zero-order valence-corrected chi connectivity index (χ0v) is 34.0. The van der Waals surface area contributed by atoms with Gasteiger partial charge in [0.1, 0.15) is 30.5 Å². The van der Waals surface area contributed by atoms with Crippen molar-refractivity contribution in [2.24, 2.45) is 0 Å². The van der Waals surface area contributed by atoms with E-state index in [0.717, 1.165) is 11.1 Å². The molecule has 3 aromatic rings. The molecule has 0 saturated carbocycles. The smallest absolute Gasteiger partial charge is 0.338 e. The molecule has 3 aromatic carbocycles. The minimum absolute atomic E-state index is 0.103. The van der Waals surface area contributed by atoms with E-state index in [4.69, 9.17) is 42.3 Å². The molecule has 3 fully saturated rings. The molecule has 52 heavy (non-hydrogen) atoms. The Morgan fingerprint density at radius 2 is 1.46 bits per heavy atom. The van der Waals surface area contributed by atoms with E-state index in [0.29, 0.717) is 12.2 Å². The second-order valence-electron chi connectivity index (χ2n) is 15.0. The molecule has 0 amide bonds. The molecule has 12 heteroatoms. The maximum absolute atomic E-state index is 13.4. The standard InChI is InChI=1S/C40H51IO10Si/c1-25-31(48-36(42)27-19-13-9-14-20-27)33(51-52(6,7)40(2,3)4)30(41)38(46-25)50-35-34(44-23-26-17-11-8-12-18-26)32-29(47-39(35)43-5)24-45-37(49-32)28-21-15-10-16-22-28/h8-22,25,29-35,37-39H,23-24H2,1-7H3/t25-,29-,30+,31-,32-,33-,34+,35-,37?,38-,39-/m1/s1. The molecule has 1 unspecified atom stereocenters. The zero-order valence-electron chi connectivity index (χ0n) is 30.9. The summed E-state index contributed by atoms with van der Waals surface area (Å²) in [5.74, 6) is -0.432. The van der Waals surface area contributed by atoms with Crippen molar-refractivity contribution < 1.29 is 47.1 Å². The van der Waals surface area contributed by atoms with Crippen molar-refractivity contribution in [1.82, 2.24) is 0 Å². The minimum atomic E-state index is -2.38. The largest absolute Gasteiger partial charge is 0.453 e. The molecule has 3 saturated heterocycles. The maximum Gasteiger partial charge on any atom is 0.338 e. The van der Waals surface area contributed by atoms with Crippen LogP contribution >= 0.6 is 22.6 Å². The fraction of sp³-hybridized carbons (Fsp3) is 0.525. The fourth-order valence-corrected chi connectivity index (χ4v) is 8.91. The van der Waals surface area contributed by atoms with Gasteiger partial charge in [0.2, 0.25) is 0 Å². The van der Waals surface area contributed by atoms with Crippen LogP contribution in [0.3, 0.4) is 0 Å². The second kappa shape index (κ2) is 17.1. The summed E-state index contributed by atoms with van der Waals surface area (Å²) in [5, 5.41) is -0.103. The maximum atomic E-state index is 13.4. The number of rotatable bonds is 11. The van der Waals surface area contributed by atoms with Crippen LogP contribution in [0.2, 0.25) is 18.1 Å². The molecule has 3 aliphatic rings. The van der Waals surface area contributed by atoms with Crippen LogP contribution < -0.4 is 0 Å². The van der Waals surface area contributed by atoms with Gasteiger partial charge in [-0.3, -0.25) is 0 Å². The Kier molecular flexibility index (Phi) is 12.9. The van der Waals surface area contributed by atoms with Gasteiger partial charge in [-0.05, 0) is 42.8 Å². The number of carbonyl (C=O) groups is 1. The van der Waals surface area contributed by atoms with Crippen molar-refractivity contribution in [2.45, 2.75) is 118 Å². The Hall–Kier alpha value is -2.24. The van der Waals surface area contributed by atoms with Gasteiger partial charge < -0.3 is 42.3 Å². The lowest BCUT2D eigenvalue weighted by molar-refractivity contribution is -0.385. The number of methoxy groups -OCH3 is 1. The highest BCUT2D eigenvalue weighted by atomic mass is 127. The van der Waals surface area contributed by atoms with Crippen molar-refractivity contribution in [2.75, 3.05) is 13.7 Å². The van der Waals surface area contributed by atoms with Crippen LogP contribution in [-0.2, 0) is 48.9 Å². The summed E-state index contributed by atoms with van der Waals surface area (Å²) in [6.45, 7) is 13.4. The van der Waals surface area contributed by atoms with Crippen LogP contribution in [0.25, 0.3) is 0 Å². The number of halogens is 1. The molecule has 0 radical (unpaired) electrons. The Balaban J connectivity index is 1.29. The van der Waals surface area contributed by atoms with E-state index in [9.17, 15) is 4.79 Å². The van der Waals surface area contributed by atoms with Crippen LogP contribution in [-0.4, -0.2) is 87.2 Å². The summed E-state index contributed by atoms with van der Waals surface area (Å²) < 4.78 is 58.4. The van der Waals surface area contributed by atoms with Gasteiger partial charge in [0.25, 0.3) is 0 Å². The van der Waals surface area contributed by atoms with Crippen molar-refractivity contribution >= 4 is 36.9 Å². The number of hydrogen-bond acceptors (Lipinski definition) is 10. The Morgan fingerprint density at radius 1 is 0.827 bits per heavy atom. The van der Waals surface area contributed by atoms with E-state index >= 15 is 0 Å². The van der Waals surface area contributed by atoms with Gasteiger partial charge in [0.15, 0.2) is 33.3 Å². The first kappa shape index (κ1) is 39.5. The quantitative estimate of drug-likeness (QED) is 0.0831. The summed E-state index contributed by atoms with van der Waals surface area (Å²) in [6, 6.07) is 28.8. The topological polar surface area (TPSA) is 100 Å². The molecule has 3 heterocycles. The van der Waals surface area contributed by atoms with Crippen LogP contribution in [0.5, 0.6) is 0 Å². The zero-order chi connectivity index (χ0) is 37.0. The lowest BCUT2D eigenvalue weighted by atomic mass is 9.96. The van der Waals surface area contributed by atoms with E-state index in [1.807, 2.05) is 85.8 Å². The van der Waals surface area contributed by atoms with Crippen molar-refractivity contribution in [1.29, 1.82) is 0 Å². The molecular weight excluding hydrogens is 795 g/mol. The van der Waals surface area contributed by atoms with E-state index in [1.165, 1.54) is 0 Å². The third-order valence-corrected chi connectivity index (χ3v) is 16.1. The molecule has 0 N–H and O–H groups in total. The van der Waals surface area contributed by atoms with Gasteiger partial charge in [-0.25, -0.2) is 4.79 Å². The van der Waals surface area contributed by atoms with E-state index in [2.05, 4.69) is 56.5 Å². The number of benzene rings is 3. The molecule has 3 aliphatic heterocycles. The number of esters is 1. The first-order valence-electron chi connectivity index (χ1n) is 17.9. The number of fused-ring (bicyclic) bond motifs is 1. The summed E-state index contributed by atoms with van der Waals surface area (Å²) in [7, 11) is -0.796. The lowest BCUT2D eigenvalue weighted by Crippen LogP contribution is -2.66. The average molecular weight is 847 g/mol. The van der Waals surface area contributed by atoms with Gasteiger partial charge in [-0.2, -0.15) is 0 Å². The van der Waals surface area contributed by atoms with Crippen molar-refractivity contribution in [3.05, 3.63) is 108 Å². The molecule has 282 valence electrons. The number of carbonyl (C=O) groups excluding carboxylic acids is 1. The van der Waals surface area contributed by atoms with Gasteiger partial charge in [0.05, 0.1) is 28.8 Å². The minimum Gasteiger partial charge on any atom is -0.453 e. The highest BCUT2D eigenvalue weighted by Gasteiger charge is 2.56. The number of hydrogen-bond donors (Lipinski definition) is 0. The molecule has 10 nitrogen and oxygen atoms in total. The summed E-state index contributed by atoms with van der Waals surface area (Å²) in [4.78, 5) is 13.4. The Labute approximate surface area is 322 Å². The fourth-order valence-electron chi connectivity index (χ4n) is 6.42. The number of ether oxygens (including phenoxy) is 8. The van der Waals surface area contributed by atoms with E-state index < -0.39 is 79.8 Å². The van der Waals surface area contributed by atoms with Crippen LogP contribution in [0.1, 0.15) is 55.5 Å². The summed E-state index contributed by atoms with van der Waals surface area (Å²) in [6.07, 6.45) is -6.44. The van der Waals surface area contributed by atoms with Crippen LogP contribution in [0, 0.1) is 0 Å². The van der Waals surface area contributed by atoms with Gasteiger partial charge in [0, 0.05) is 12.7 Å². The van der Waals surface area contributed by atoms with Crippen molar-refractivity contribution in [3.63, 3.8) is 0 Å². The Bertz CT molecular complexity index is 1580. The predicted octanol–water partition coefficient (Wildman–Crippen LogP) is 7.61. The van der Waals surface area contributed by atoms with Crippen LogP contribution in [0.15, 0.2) is 91.0 Å². The highest BCUT2D eigenvalue weighted by Crippen LogP contribution is 2.43. The molecule has 11 atom stereocenters. The molecule has 0 aliphatic carbocycles. The number of alkyl halides is 1.